The molecule has 0 aliphatic carbocycles. The third-order valence-electron chi connectivity index (χ3n) is 2.74. The van der Waals surface area contributed by atoms with Gasteiger partial charge in [-0.3, -0.25) is 4.79 Å². The highest BCUT2D eigenvalue weighted by Crippen LogP contribution is 2.21. The standard InChI is InChI=1S/C15H14F2N2O2/c1-2-21-10-5-3-4-9(6-10)19-15(20)11-7-12(16)13(17)8-14(11)18/h3-8H,2,18H2,1H3,(H,19,20). The molecule has 21 heavy (non-hydrogen) atoms. The summed E-state index contributed by atoms with van der Waals surface area (Å²) in [6.07, 6.45) is 0. The molecule has 4 nitrogen and oxygen atoms in total. The van der Waals surface area contributed by atoms with E-state index in [1.54, 1.807) is 24.3 Å². The second-order valence-corrected chi connectivity index (χ2v) is 4.27. The average Bonchev–Trinajstić information content (AvgIpc) is 2.43. The Morgan fingerprint density at radius 1 is 1.24 bits per heavy atom. The molecule has 2 rings (SSSR count). The quantitative estimate of drug-likeness (QED) is 0.851. The Kier molecular flexibility index (Phi) is 4.37. The summed E-state index contributed by atoms with van der Waals surface area (Å²) in [6, 6.07) is 8.27. The Bertz CT molecular complexity index is 675. The Labute approximate surface area is 120 Å². The van der Waals surface area contributed by atoms with Crippen molar-refractivity contribution in [3.05, 3.63) is 53.6 Å². The first kappa shape index (κ1) is 14.8. The monoisotopic (exact) mass is 292 g/mol. The number of nitrogens with two attached hydrogens (primary N) is 1. The minimum absolute atomic E-state index is 0.129. The third kappa shape index (κ3) is 3.47. The zero-order chi connectivity index (χ0) is 15.4. The third-order valence-corrected chi connectivity index (χ3v) is 2.74. The van der Waals surface area contributed by atoms with Crippen LogP contribution in [0.1, 0.15) is 17.3 Å². The number of amides is 1. The summed E-state index contributed by atoms with van der Waals surface area (Å²) >= 11 is 0. The van der Waals surface area contributed by atoms with Gasteiger partial charge >= 0.3 is 0 Å². The van der Waals surface area contributed by atoms with E-state index in [2.05, 4.69) is 5.32 Å². The molecule has 0 atom stereocenters. The molecule has 110 valence electrons. The molecule has 6 heteroatoms. The summed E-state index contributed by atoms with van der Waals surface area (Å²) in [5, 5.41) is 2.56. The van der Waals surface area contributed by atoms with Gasteiger partial charge in [0.15, 0.2) is 11.6 Å². The van der Waals surface area contributed by atoms with Gasteiger partial charge in [0.05, 0.1) is 12.2 Å². The average molecular weight is 292 g/mol. The van der Waals surface area contributed by atoms with Gasteiger partial charge in [-0.15, -0.1) is 0 Å². The summed E-state index contributed by atoms with van der Waals surface area (Å²) in [4.78, 5) is 12.0. The number of nitrogens with one attached hydrogen (secondary N) is 1. The van der Waals surface area contributed by atoms with Crippen molar-refractivity contribution < 1.29 is 18.3 Å². The van der Waals surface area contributed by atoms with E-state index in [1.807, 2.05) is 6.92 Å². The van der Waals surface area contributed by atoms with E-state index in [9.17, 15) is 13.6 Å². The molecule has 0 saturated carbocycles. The topological polar surface area (TPSA) is 64.3 Å². The molecule has 0 aliphatic heterocycles. The fourth-order valence-electron chi connectivity index (χ4n) is 1.79. The van der Waals surface area contributed by atoms with Crippen LogP contribution in [0, 0.1) is 11.6 Å². The second kappa shape index (κ2) is 6.21. The van der Waals surface area contributed by atoms with Crippen LogP contribution in [0.3, 0.4) is 0 Å². The Morgan fingerprint density at radius 3 is 2.67 bits per heavy atom. The van der Waals surface area contributed by atoms with Crippen LogP contribution < -0.4 is 15.8 Å². The van der Waals surface area contributed by atoms with Crippen LogP contribution >= 0.6 is 0 Å². The molecule has 3 N–H and O–H groups in total. The Balaban J connectivity index is 2.22. The van der Waals surface area contributed by atoms with E-state index in [0.29, 0.717) is 18.0 Å². The molecule has 2 aromatic carbocycles. The van der Waals surface area contributed by atoms with Crippen LogP contribution in [0.15, 0.2) is 36.4 Å². The van der Waals surface area contributed by atoms with Gasteiger partial charge in [0.2, 0.25) is 0 Å². The first-order valence-electron chi connectivity index (χ1n) is 6.30. The molecule has 0 radical (unpaired) electrons. The summed E-state index contributed by atoms with van der Waals surface area (Å²) in [5.41, 5.74) is 5.74. The van der Waals surface area contributed by atoms with Crippen molar-refractivity contribution in [2.75, 3.05) is 17.7 Å². The van der Waals surface area contributed by atoms with Gasteiger partial charge in [0.25, 0.3) is 5.91 Å². The maximum Gasteiger partial charge on any atom is 0.257 e. The smallest absolute Gasteiger partial charge is 0.257 e. The Hall–Kier alpha value is -2.63. The van der Waals surface area contributed by atoms with E-state index in [1.165, 1.54) is 0 Å². The second-order valence-electron chi connectivity index (χ2n) is 4.27. The van der Waals surface area contributed by atoms with Crippen LogP contribution in [-0.4, -0.2) is 12.5 Å². The number of ether oxygens (including phenoxy) is 1. The van der Waals surface area contributed by atoms with Crippen molar-refractivity contribution in [3.63, 3.8) is 0 Å². The number of benzene rings is 2. The number of hydrogen-bond acceptors (Lipinski definition) is 3. The molecule has 2 aromatic rings. The van der Waals surface area contributed by atoms with E-state index < -0.39 is 17.5 Å². The van der Waals surface area contributed by atoms with Gasteiger partial charge in [-0.1, -0.05) is 6.07 Å². The lowest BCUT2D eigenvalue weighted by atomic mass is 10.1. The highest BCUT2D eigenvalue weighted by atomic mass is 19.2. The minimum Gasteiger partial charge on any atom is -0.494 e. The van der Waals surface area contributed by atoms with Crippen LogP contribution in [0.5, 0.6) is 5.75 Å². The summed E-state index contributed by atoms with van der Waals surface area (Å²) in [5.74, 6) is -2.26. The number of halogens is 2. The van der Waals surface area contributed by atoms with E-state index in [0.717, 1.165) is 12.1 Å². The predicted octanol–water partition coefficient (Wildman–Crippen LogP) is 3.20. The van der Waals surface area contributed by atoms with Crippen molar-refractivity contribution in [1.29, 1.82) is 0 Å². The van der Waals surface area contributed by atoms with Gasteiger partial charge in [-0.05, 0) is 25.1 Å². The summed E-state index contributed by atoms with van der Waals surface area (Å²) in [6.45, 7) is 2.33. The van der Waals surface area contributed by atoms with Crippen LogP contribution in [0.2, 0.25) is 0 Å². The highest BCUT2D eigenvalue weighted by molar-refractivity contribution is 6.07. The van der Waals surface area contributed by atoms with Gasteiger partial charge < -0.3 is 15.8 Å². The van der Waals surface area contributed by atoms with E-state index in [-0.39, 0.29) is 11.3 Å². The zero-order valence-electron chi connectivity index (χ0n) is 11.3. The van der Waals surface area contributed by atoms with Gasteiger partial charge in [-0.25, -0.2) is 8.78 Å². The lowest BCUT2D eigenvalue weighted by Crippen LogP contribution is -2.15. The van der Waals surface area contributed by atoms with Crippen molar-refractivity contribution >= 4 is 17.3 Å². The van der Waals surface area contributed by atoms with Crippen LogP contribution in [-0.2, 0) is 0 Å². The maximum atomic E-state index is 13.2. The number of carbonyl (C=O) groups excluding carboxylic acids is 1. The molecule has 0 aliphatic rings. The molecule has 0 bridgehead atoms. The highest BCUT2D eigenvalue weighted by Gasteiger charge is 2.14. The SMILES string of the molecule is CCOc1cccc(NC(=O)c2cc(F)c(F)cc2N)c1. The zero-order valence-corrected chi connectivity index (χ0v) is 11.3. The molecule has 0 aromatic heterocycles. The number of nitrogen functional groups attached to an aromatic ring is 1. The first-order chi connectivity index (χ1) is 10.0. The van der Waals surface area contributed by atoms with Gasteiger partial charge in [0.1, 0.15) is 5.75 Å². The first-order valence-corrected chi connectivity index (χ1v) is 6.30. The van der Waals surface area contributed by atoms with Crippen LogP contribution in [0.25, 0.3) is 0 Å². The number of anilines is 2. The summed E-state index contributed by atoms with van der Waals surface area (Å²) in [7, 11) is 0. The largest absolute Gasteiger partial charge is 0.494 e. The van der Waals surface area contributed by atoms with Crippen molar-refractivity contribution in [2.24, 2.45) is 0 Å². The van der Waals surface area contributed by atoms with Crippen molar-refractivity contribution in [3.8, 4) is 5.75 Å². The van der Waals surface area contributed by atoms with E-state index in [4.69, 9.17) is 10.5 Å². The lowest BCUT2D eigenvalue weighted by Gasteiger charge is -2.09. The predicted molar refractivity (Wildman–Crippen MR) is 76.3 cm³/mol. The molecular weight excluding hydrogens is 278 g/mol. The van der Waals surface area contributed by atoms with Gasteiger partial charge in [-0.2, -0.15) is 0 Å². The molecule has 0 heterocycles. The molecule has 0 saturated heterocycles. The molecule has 0 fully saturated rings. The maximum absolute atomic E-state index is 13.2. The number of rotatable bonds is 4. The summed E-state index contributed by atoms with van der Waals surface area (Å²) < 4.78 is 31.5. The normalized spacial score (nSPS) is 10.2. The van der Waals surface area contributed by atoms with Crippen molar-refractivity contribution in [2.45, 2.75) is 6.92 Å². The van der Waals surface area contributed by atoms with Gasteiger partial charge in [0, 0.05) is 23.5 Å². The Morgan fingerprint density at radius 2 is 1.95 bits per heavy atom. The molecular formula is C15H14F2N2O2. The minimum atomic E-state index is -1.13. The lowest BCUT2D eigenvalue weighted by molar-refractivity contribution is 0.102. The molecule has 0 spiro atoms. The fourth-order valence-corrected chi connectivity index (χ4v) is 1.79. The fraction of sp³-hybridized carbons (Fsp3) is 0.133. The number of hydrogen-bond donors (Lipinski definition) is 2. The van der Waals surface area contributed by atoms with Crippen LogP contribution in [0.4, 0.5) is 20.2 Å². The molecule has 1 amide bonds. The molecule has 0 unspecified atom stereocenters. The van der Waals surface area contributed by atoms with E-state index >= 15 is 0 Å². The number of carbonyl (C=O) groups is 1. The van der Waals surface area contributed by atoms with Crippen molar-refractivity contribution in [1.82, 2.24) is 0 Å².